The Balaban J connectivity index is 1.20. The number of pyridine rings is 2. The SMILES string of the molecule is CNC(=O)COc1ccc2ncc(F)c(CCC34CCC(NC/C=C/c5cc(F)ccc5F)(CC3)CO4)c2n1. The van der Waals surface area contributed by atoms with Crippen molar-refractivity contribution in [1.29, 1.82) is 0 Å². The van der Waals surface area contributed by atoms with Gasteiger partial charge in [0.25, 0.3) is 5.91 Å². The van der Waals surface area contributed by atoms with Gasteiger partial charge in [0.2, 0.25) is 5.88 Å². The van der Waals surface area contributed by atoms with Crippen LogP contribution in [0.2, 0.25) is 0 Å². The van der Waals surface area contributed by atoms with E-state index in [1.165, 1.54) is 19.3 Å². The van der Waals surface area contributed by atoms with Gasteiger partial charge in [-0.2, -0.15) is 0 Å². The Hall–Kier alpha value is -3.50. The second-order valence-electron chi connectivity index (χ2n) is 10.3. The van der Waals surface area contributed by atoms with Crippen molar-refractivity contribution in [3.63, 3.8) is 0 Å². The van der Waals surface area contributed by atoms with E-state index in [9.17, 15) is 18.0 Å². The number of aromatic nitrogens is 2. The van der Waals surface area contributed by atoms with E-state index < -0.39 is 17.5 Å². The lowest BCUT2D eigenvalue weighted by Gasteiger charge is -2.53. The quantitative estimate of drug-likeness (QED) is 0.394. The number of likely N-dealkylation sites (N-methyl/N-ethyl adjacent to an activating group) is 1. The number of carbonyl (C=O) groups excluding carboxylic acids is 1. The lowest BCUT2D eigenvalue weighted by atomic mass is 9.69. The molecule has 2 saturated heterocycles. The van der Waals surface area contributed by atoms with Crippen LogP contribution in [0.3, 0.4) is 0 Å². The first-order chi connectivity index (χ1) is 18.8. The maximum atomic E-state index is 14.9. The number of hydrogen-bond donors (Lipinski definition) is 2. The van der Waals surface area contributed by atoms with Crippen LogP contribution in [0.15, 0.2) is 42.6 Å². The summed E-state index contributed by atoms with van der Waals surface area (Å²) in [5.41, 5.74) is 1.15. The average Bonchev–Trinajstić information content (AvgIpc) is 2.96. The van der Waals surface area contributed by atoms with Crippen LogP contribution in [0.1, 0.15) is 43.2 Å². The molecule has 3 aromatic rings. The summed E-state index contributed by atoms with van der Waals surface area (Å²) in [6, 6.07) is 6.71. The molecule has 2 N–H and O–H groups in total. The minimum Gasteiger partial charge on any atom is -0.468 e. The summed E-state index contributed by atoms with van der Waals surface area (Å²) in [6.07, 6.45) is 9.14. The Labute approximate surface area is 224 Å². The fourth-order valence-corrected chi connectivity index (χ4v) is 5.38. The monoisotopic (exact) mass is 540 g/mol. The van der Waals surface area contributed by atoms with Crippen molar-refractivity contribution in [2.45, 2.75) is 49.7 Å². The molecule has 6 rings (SSSR count). The van der Waals surface area contributed by atoms with E-state index in [0.717, 1.165) is 37.8 Å². The summed E-state index contributed by atoms with van der Waals surface area (Å²) in [7, 11) is 1.52. The van der Waals surface area contributed by atoms with Crippen LogP contribution in [0.5, 0.6) is 5.88 Å². The van der Waals surface area contributed by atoms with Crippen molar-refractivity contribution in [3.8, 4) is 5.88 Å². The third-order valence-corrected chi connectivity index (χ3v) is 7.82. The molecule has 2 bridgehead atoms. The summed E-state index contributed by atoms with van der Waals surface area (Å²) < 4.78 is 53.9. The Morgan fingerprint density at radius 1 is 1.13 bits per heavy atom. The fourth-order valence-electron chi connectivity index (χ4n) is 5.38. The van der Waals surface area contributed by atoms with Gasteiger partial charge in [0.1, 0.15) is 17.5 Å². The molecule has 1 saturated carbocycles. The zero-order chi connectivity index (χ0) is 27.5. The van der Waals surface area contributed by atoms with E-state index in [0.29, 0.717) is 42.6 Å². The smallest absolute Gasteiger partial charge is 0.257 e. The lowest BCUT2D eigenvalue weighted by molar-refractivity contribution is -0.164. The van der Waals surface area contributed by atoms with Crippen molar-refractivity contribution in [2.24, 2.45) is 0 Å². The molecule has 0 unspecified atom stereocenters. The van der Waals surface area contributed by atoms with Gasteiger partial charge in [-0.15, -0.1) is 0 Å². The largest absolute Gasteiger partial charge is 0.468 e. The highest BCUT2D eigenvalue weighted by atomic mass is 19.1. The number of rotatable bonds is 10. The number of nitrogens with zero attached hydrogens (tertiary/aromatic N) is 2. The molecule has 3 fully saturated rings. The number of ether oxygens (including phenoxy) is 2. The molecule has 1 aromatic carbocycles. The molecule has 4 heterocycles. The molecule has 0 atom stereocenters. The van der Waals surface area contributed by atoms with Crippen molar-refractivity contribution in [1.82, 2.24) is 20.6 Å². The van der Waals surface area contributed by atoms with Gasteiger partial charge in [-0.25, -0.2) is 18.2 Å². The van der Waals surface area contributed by atoms with Gasteiger partial charge in [-0.3, -0.25) is 9.78 Å². The zero-order valence-electron chi connectivity index (χ0n) is 21.7. The molecule has 3 aliphatic rings. The molecular formula is C29H31F3N4O3. The van der Waals surface area contributed by atoms with Gasteiger partial charge in [0.15, 0.2) is 6.61 Å². The molecule has 0 radical (unpaired) electrons. The highest BCUT2D eigenvalue weighted by Gasteiger charge is 2.49. The first-order valence-corrected chi connectivity index (χ1v) is 13.1. The Bertz CT molecular complexity index is 1370. The van der Waals surface area contributed by atoms with Crippen molar-refractivity contribution >= 4 is 23.0 Å². The minimum atomic E-state index is -0.475. The molecule has 39 heavy (non-hydrogen) atoms. The predicted molar refractivity (Wildman–Crippen MR) is 141 cm³/mol. The normalized spacial score (nSPS) is 22.5. The van der Waals surface area contributed by atoms with Crippen LogP contribution in [0.25, 0.3) is 17.1 Å². The summed E-state index contributed by atoms with van der Waals surface area (Å²) in [6.45, 7) is 0.859. The van der Waals surface area contributed by atoms with Crippen molar-refractivity contribution in [2.75, 3.05) is 26.8 Å². The standard InChI is InChI=1S/C29H31F3N4O3/c1-33-25(37)17-38-26-7-6-24-27(36-26)21(23(32)16-34-24)8-9-29-12-10-28(11-13-29,18-39-29)35-14-2-3-19-15-20(30)4-5-22(19)31/h2-7,15-16,35H,8-14,17-18H2,1H3,(H,33,37)/b3-2+. The fraction of sp³-hybridized carbons (Fsp3) is 0.414. The maximum absolute atomic E-state index is 14.9. The average molecular weight is 541 g/mol. The topological polar surface area (TPSA) is 85.4 Å². The number of amides is 1. The van der Waals surface area contributed by atoms with Gasteiger partial charge in [0.05, 0.1) is 29.4 Å². The van der Waals surface area contributed by atoms with E-state index in [1.54, 1.807) is 24.3 Å². The molecule has 1 aliphatic carbocycles. The summed E-state index contributed by atoms with van der Waals surface area (Å²) in [5, 5.41) is 6.01. The number of carbonyl (C=O) groups is 1. The predicted octanol–water partition coefficient (Wildman–Crippen LogP) is 4.49. The van der Waals surface area contributed by atoms with E-state index >= 15 is 0 Å². The van der Waals surface area contributed by atoms with Crippen molar-refractivity contribution in [3.05, 3.63) is 71.2 Å². The maximum Gasteiger partial charge on any atom is 0.257 e. The van der Waals surface area contributed by atoms with E-state index in [-0.39, 0.29) is 35.1 Å². The Morgan fingerprint density at radius 2 is 1.95 bits per heavy atom. The number of benzene rings is 1. The summed E-state index contributed by atoms with van der Waals surface area (Å²) in [4.78, 5) is 20.1. The highest BCUT2D eigenvalue weighted by molar-refractivity contribution is 5.79. The van der Waals surface area contributed by atoms with Crippen LogP contribution in [0, 0.1) is 17.5 Å². The number of nitrogens with one attached hydrogen (secondary N) is 2. The number of halogens is 3. The minimum absolute atomic E-state index is 0.167. The summed E-state index contributed by atoms with van der Waals surface area (Å²) in [5.74, 6) is -1.43. The lowest BCUT2D eigenvalue weighted by Crippen LogP contribution is -2.61. The second-order valence-corrected chi connectivity index (χ2v) is 10.3. The molecule has 10 heteroatoms. The van der Waals surface area contributed by atoms with E-state index in [2.05, 4.69) is 20.6 Å². The molecule has 2 aliphatic heterocycles. The van der Waals surface area contributed by atoms with Crippen LogP contribution >= 0.6 is 0 Å². The Morgan fingerprint density at radius 3 is 2.69 bits per heavy atom. The number of aryl methyl sites for hydroxylation is 1. The van der Waals surface area contributed by atoms with Crippen LogP contribution < -0.4 is 15.4 Å². The highest BCUT2D eigenvalue weighted by Crippen LogP contribution is 2.46. The van der Waals surface area contributed by atoms with Gasteiger partial charge in [-0.1, -0.05) is 12.2 Å². The molecular weight excluding hydrogens is 509 g/mol. The molecule has 7 nitrogen and oxygen atoms in total. The van der Waals surface area contributed by atoms with Crippen molar-refractivity contribution < 1.29 is 27.4 Å². The van der Waals surface area contributed by atoms with Gasteiger partial charge in [0, 0.05) is 36.3 Å². The van der Waals surface area contributed by atoms with Crippen LogP contribution in [-0.4, -0.2) is 53.8 Å². The number of hydrogen-bond acceptors (Lipinski definition) is 6. The van der Waals surface area contributed by atoms with Gasteiger partial charge >= 0.3 is 0 Å². The molecule has 1 amide bonds. The zero-order valence-corrected chi connectivity index (χ0v) is 21.7. The molecule has 0 spiro atoms. The molecule has 2 aromatic heterocycles. The first-order valence-electron chi connectivity index (χ1n) is 13.1. The first kappa shape index (κ1) is 27.1. The summed E-state index contributed by atoms with van der Waals surface area (Å²) >= 11 is 0. The van der Waals surface area contributed by atoms with Gasteiger partial charge < -0.3 is 20.1 Å². The third kappa shape index (κ3) is 6.07. The van der Waals surface area contributed by atoms with Crippen LogP contribution in [0.4, 0.5) is 13.2 Å². The Kier molecular flexibility index (Phi) is 7.86. The molecule has 206 valence electrons. The van der Waals surface area contributed by atoms with E-state index in [4.69, 9.17) is 9.47 Å². The second kappa shape index (κ2) is 11.3. The number of fused-ring (bicyclic) bond motifs is 4. The van der Waals surface area contributed by atoms with Crippen LogP contribution in [-0.2, 0) is 16.0 Å². The van der Waals surface area contributed by atoms with E-state index in [1.807, 2.05) is 0 Å². The third-order valence-electron chi connectivity index (χ3n) is 7.82. The van der Waals surface area contributed by atoms with Gasteiger partial charge in [-0.05, 0) is 62.8 Å².